The summed E-state index contributed by atoms with van der Waals surface area (Å²) in [6, 6.07) is 4.73. The fourth-order valence-electron chi connectivity index (χ4n) is 1.91. The van der Waals surface area contributed by atoms with Crippen molar-refractivity contribution in [2.24, 2.45) is 0 Å². The standard InChI is InChI=1S/C12H7NO4/c14-11-8(12(15)16)6-7-3-5-17-9-2-1-4-13(11)10(7)9/h1-6H,(H,15,16). The topological polar surface area (TPSA) is 68.0 Å². The van der Waals surface area contributed by atoms with Crippen molar-refractivity contribution in [1.29, 1.82) is 0 Å². The predicted octanol–water partition coefficient (Wildman–Crippen LogP) is 1.36. The molecule has 1 aliphatic rings. The Balaban J connectivity index is 2.55. The van der Waals surface area contributed by atoms with Crippen LogP contribution in [0.15, 0.2) is 35.5 Å². The number of pyridine rings is 2. The van der Waals surface area contributed by atoms with Crippen LogP contribution in [-0.4, -0.2) is 15.5 Å². The maximum atomic E-state index is 11.9. The molecule has 0 saturated carbocycles. The van der Waals surface area contributed by atoms with Crippen LogP contribution in [0.2, 0.25) is 0 Å². The molecule has 0 saturated heterocycles. The molecule has 0 radical (unpaired) electrons. The minimum Gasteiger partial charge on any atom is -0.477 e. The van der Waals surface area contributed by atoms with Gasteiger partial charge in [0, 0.05) is 11.8 Å². The molecule has 0 spiro atoms. The molecule has 2 aromatic rings. The van der Waals surface area contributed by atoms with Crippen LogP contribution in [-0.2, 0) is 0 Å². The van der Waals surface area contributed by atoms with E-state index in [0.717, 1.165) is 0 Å². The van der Waals surface area contributed by atoms with Gasteiger partial charge in [-0.2, -0.15) is 0 Å². The third-order valence-electron chi connectivity index (χ3n) is 2.65. The first-order valence-electron chi connectivity index (χ1n) is 4.93. The lowest BCUT2D eigenvalue weighted by Crippen LogP contribution is -2.23. The largest absolute Gasteiger partial charge is 0.477 e. The zero-order valence-corrected chi connectivity index (χ0v) is 8.58. The van der Waals surface area contributed by atoms with Crippen LogP contribution >= 0.6 is 0 Å². The zero-order chi connectivity index (χ0) is 12.0. The molecule has 0 fully saturated rings. The van der Waals surface area contributed by atoms with E-state index in [1.54, 1.807) is 18.2 Å². The summed E-state index contributed by atoms with van der Waals surface area (Å²) in [6.45, 7) is 0. The number of carboxylic acids is 1. The van der Waals surface area contributed by atoms with Gasteiger partial charge >= 0.3 is 5.97 Å². The van der Waals surface area contributed by atoms with Gasteiger partial charge < -0.3 is 9.84 Å². The molecule has 2 aromatic heterocycles. The van der Waals surface area contributed by atoms with Crippen molar-refractivity contribution in [3.8, 4) is 5.75 Å². The van der Waals surface area contributed by atoms with E-state index < -0.39 is 11.5 Å². The van der Waals surface area contributed by atoms with Crippen LogP contribution in [0.3, 0.4) is 0 Å². The molecule has 3 heterocycles. The average molecular weight is 229 g/mol. The van der Waals surface area contributed by atoms with Crippen LogP contribution in [0.1, 0.15) is 15.9 Å². The predicted molar refractivity (Wildman–Crippen MR) is 60.3 cm³/mol. The Bertz CT molecular complexity index is 727. The summed E-state index contributed by atoms with van der Waals surface area (Å²) in [4.78, 5) is 22.9. The number of rotatable bonds is 1. The molecule has 17 heavy (non-hydrogen) atoms. The number of nitrogens with zero attached hydrogens (tertiary/aromatic N) is 1. The smallest absolute Gasteiger partial charge is 0.341 e. The van der Waals surface area contributed by atoms with Crippen molar-refractivity contribution in [3.63, 3.8) is 0 Å². The maximum Gasteiger partial charge on any atom is 0.341 e. The summed E-state index contributed by atoms with van der Waals surface area (Å²) in [5.41, 5.74) is 0.437. The summed E-state index contributed by atoms with van der Waals surface area (Å²) in [6.07, 6.45) is 4.63. The van der Waals surface area contributed by atoms with Crippen molar-refractivity contribution in [2.45, 2.75) is 0 Å². The molecule has 0 atom stereocenters. The highest BCUT2D eigenvalue weighted by Crippen LogP contribution is 2.27. The minimum atomic E-state index is -1.23. The molecular formula is C12H7NO4. The Hall–Kier alpha value is -2.56. The monoisotopic (exact) mass is 229 g/mol. The van der Waals surface area contributed by atoms with Gasteiger partial charge in [-0.15, -0.1) is 0 Å². The third-order valence-corrected chi connectivity index (χ3v) is 2.65. The van der Waals surface area contributed by atoms with Crippen LogP contribution in [0, 0.1) is 0 Å². The highest BCUT2D eigenvalue weighted by molar-refractivity contribution is 5.90. The van der Waals surface area contributed by atoms with Gasteiger partial charge in [-0.1, -0.05) is 0 Å². The first kappa shape index (κ1) is 9.65. The molecule has 1 aliphatic heterocycles. The number of hydrogen-bond acceptors (Lipinski definition) is 3. The van der Waals surface area contributed by atoms with Crippen LogP contribution in [0.25, 0.3) is 11.6 Å². The number of aromatic nitrogens is 1. The lowest BCUT2D eigenvalue weighted by molar-refractivity contribution is 0.0694. The first-order valence-corrected chi connectivity index (χ1v) is 4.93. The lowest BCUT2D eigenvalue weighted by atomic mass is 10.1. The molecule has 1 N–H and O–H groups in total. The van der Waals surface area contributed by atoms with Crippen molar-refractivity contribution < 1.29 is 14.6 Å². The highest BCUT2D eigenvalue weighted by Gasteiger charge is 2.17. The van der Waals surface area contributed by atoms with E-state index in [2.05, 4.69) is 0 Å². The van der Waals surface area contributed by atoms with E-state index in [1.165, 1.54) is 22.9 Å². The van der Waals surface area contributed by atoms with Crippen LogP contribution in [0.5, 0.6) is 5.75 Å². The summed E-state index contributed by atoms with van der Waals surface area (Å²) in [7, 11) is 0. The van der Waals surface area contributed by atoms with Crippen molar-refractivity contribution in [1.82, 2.24) is 4.40 Å². The van der Waals surface area contributed by atoms with Crippen molar-refractivity contribution in [2.75, 3.05) is 0 Å². The summed E-state index contributed by atoms with van der Waals surface area (Å²) in [5.74, 6) is -0.690. The third kappa shape index (κ3) is 1.25. The van der Waals surface area contributed by atoms with E-state index in [1.807, 2.05) is 0 Å². The van der Waals surface area contributed by atoms with Gasteiger partial charge in [0.1, 0.15) is 5.56 Å². The van der Waals surface area contributed by atoms with Crippen molar-refractivity contribution >= 4 is 17.6 Å². The normalized spacial score (nSPS) is 12.5. The van der Waals surface area contributed by atoms with E-state index in [9.17, 15) is 9.59 Å². The Kier molecular flexibility index (Phi) is 1.82. The summed E-state index contributed by atoms with van der Waals surface area (Å²) in [5, 5.41) is 8.96. The van der Waals surface area contributed by atoms with E-state index in [4.69, 9.17) is 9.84 Å². The van der Waals surface area contributed by atoms with Crippen LogP contribution < -0.4 is 10.3 Å². The first-order chi connectivity index (χ1) is 8.18. The average Bonchev–Trinajstić information content (AvgIpc) is 2.33. The van der Waals surface area contributed by atoms with Gasteiger partial charge in [-0.3, -0.25) is 9.20 Å². The number of ether oxygens (including phenoxy) is 1. The SMILES string of the molecule is O=C(O)c1cc2c3c(cccn3c1=O)OC=C2. The van der Waals surface area contributed by atoms with Gasteiger partial charge in [0.2, 0.25) is 0 Å². The van der Waals surface area contributed by atoms with Gasteiger partial charge in [-0.05, 0) is 24.3 Å². The molecular weight excluding hydrogens is 222 g/mol. The molecule has 0 amide bonds. The van der Waals surface area contributed by atoms with Gasteiger partial charge in [-0.25, -0.2) is 4.79 Å². The summed E-state index contributed by atoms with van der Waals surface area (Å²) < 4.78 is 6.55. The van der Waals surface area contributed by atoms with Crippen LogP contribution in [0.4, 0.5) is 0 Å². The highest BCUT2D eigenvalue weighted by atomic mass is 16.5. The molecule has 0 unspecified atom stereocenters. The zero-order valence-electron chi connectivity index (χ0n) is 8.58. The lowest BCUT2D eigenvalue weighted by Gasteiger charge is -2.14. The molecule has 0 aliphatic carbocycles. The number of hydrogen-bond donors (Lipinski definition) is 1. The minimum absolute atomic E-state index is 0.249. The second-order valence-electron chi connectivity index (χ2n) is 3.64. The number of aromatic carboxylic acids is 1. The molecule has 5 nitrogen and oxygen atoms in total. The Morgan fingerprint density at radius 2 is 2.24 bits per heavy atom. The quantitative estimate of drug-likeness (QED) is 0.801. The Morgan fingerprint density at radius 1 is 1.41 bits per heavy atom. The van der Waals surface area contributed by atoms with Gasteiger partial charge in [0.15, 0.2) is 5.75 Å². The van der Waals surface area contributed by atoms with Crippen molar-refractivity contribution in [3.05, 3.63) is 52.1 Å². The number of carboxylic acid groups (broad SMARTS) is 1. The Morgan fingerprint density at radius 3 is 3.00 bits per heavy atom. The van der Waals surface area contributed by atoms with E-state index >= 15 is 0 Å². The van der Waals surface area contributed by atoms with E-state index in [0.29, 0.717) is 16.8 Å². The number of carbonyl (C=O) groups is 1. The molecule has 84 valence electrons. The second kappa shape index (κ2) is 3.21. The van der Waals surface area contributed by atoms with Gasteiger partial charge in [0.05, 0.1) is 11.8 Å². The molecule has 0 bridgehead atoms. The van der Waals surface area contributed by atoms with E-state index in [-0.39, 0.29) is 5.56 Å². The second-order valence-corrected chi connectivity index (χ2v) is 3.64. The summed E-state index contributed by atoms with van der Waals surface area (Å²) >= 11 is 0. The molecule has 5 heteroatoms. The maximum absolute atomic E-state index is 11.9. The Labute approximate surface area is 95.2 Å². The van der Waals surface area contributed by atoms with Gasteiger partial charge in [0.25, 0.3) is 5.56 Å². The fourth-order valence-corrected chi connectivity index (χ4v) is 1.91. The molecule has 3 rings (SSSR count). The molecule has 0 aromatic carbocycles. The fraction of sp³-hybridized carbons (Fsp3) is 0.